The second-order valence-electron chi connectivity index (χ2n) is 8.77. The lowest BCUT2D eigenvalue weighted by Gasteiger charge is -2.27. The summed E-state index contributed by atoms with van der Waals surface area (Å²) in [6, 6.07) is 3.95. The number of aromatic nitrogens is 1. The standard InChI is InChI=1S/C24H34Cl2N2O2S/c1-8-9-28(13-18(15(4)5)23(29)30-7)24-27-22(20(31-24)10-14(2)3)17-11-16(6)21(26)19(25)12-17/h11-12,14-15,18H,8-10,13H2,1-7H3. The first kappa shape index (κ1) is 26.0. The molecule has 1 aromatic heterocycles. The lowest BCUT2D eigenvalue weighted by atomic mass is 9.95. The van der Waals surface area contributed by atoms with Gasteiger partial charge in [-0.1, -0.05) is 57.8 Å². The maximum absolute atomic E-state index is 12.4. The molecule has 0 aliphatic carbocycles. The zero-order chi connectivity index (χ0) is 23.3. The Kier molecular flexibility index (Phi) is 9.66. The molecule has 0 N–H and O–H groups in total. The maximum Gasteiger partial charge on any atom is 0.310 e. The van der Waals surface area contributed by atoms with Gasteiger partial charge in [0.1, 0.15) is 0 Å². The Bertz CT molecular complexity index is 873. The van der Waals surface area contributed by atoms with Gasteiger partial charge in [-0.25, -0.2) is 4.98 Å². The Morgan fingerprint density at radius 1 is 1.23 bits per heavy atom. The number of rotatable bonds is 10. The number of hydrogen-bond acceptors (Lipinski definition) is 5. The number of ether oxygens (including phenoxy) is 1. The minimum Gasteiger partial charge on any atom is -0.469 e. The number of carbonyl (C=O) groups excluding carboxylic acids is 1. The molecule has 1 atom stereocenters. The Morgan fingerprint density at radius 2 is 1.90 bits per heavy atom. The summed E-state index contributed by atoms with van der Waals surface area (Å²) in [7, 11) is 1.46. The number of nitrogens with zero attached hydrogens (tertiary/aromatic N) is 2. The minimum atomic E-state index is -0.204. The van der Waals surface area contributed by atoms with Gasteiger partial charge in [0.25, 0.3) is 0 Å². The summed E-state index contributed by atoms with van der Waals surface area (Å²) in [4.78, 5) is 20.9. The van der Waals surface area contributed by atoms with Gasteiger partial charge in [-0.2, -0.15) is 0 Å². The van der Waals surface area contributed by atoms with Crippen LogP contribution >= 0.6 is 34.5 Å². The van der Waals surface area contributed by atoms with Crippen LogP contribution in [0.15, 0.2) is 12.1 Å². The molecule has 2 rings (SSSR count). The number of methoxy groups -OCH3 is 1. The first-order valence-electron chi connectivity index (χ1n) is 10.9. The molecule has 1 aromatic carbocycles. The molecule has 0 bridgehead atoms. The molecule has 0 spiro atoms. The van der Waals surface area contributed by atoms with Crippen LogP contribution < -0.4 is 4.90 Å². The third-order valence-corrected chi connectivity index (χ3v) is 7.29. The zero-order valence-electron chi connectivity index (χ0n) is 19.6. The van der Waals surface area contributed by atoms with Gasteiger partial charge in [0.2, 0.25) is 0 Å². The van der Waals surface area contributed by atoms with Crippen LogP contribution in [0.25, 0.3) is 11.3 Å². The normalized spacial score (nSPS) is 12.5. The topological polar surface area (TPSA) is 42.4 Å². The fourth-order valence-corrected chi connectivity index (χ4v) is 5.26. The molecular formula is C24H34Cl2N2O2S. The molecule has 1 unspecified atom stereocenters. The van der Waals surface area contributed by atoms with Gasteiger partial charge in [-0.3, -0.25) is 4.79 Å². The molecule has 0 saturated heterocycles. The third kappa shape index (κ3) is 6.59. The molecule has 1 heterocycles. The first-order chi connectivity index (χ1) is 14.6. The van der Waals surface area contributed by atoms with Crippen LogP contribution in [0.4, 0.5) is 5.13 Å². The number of aryl methyl sites for hydroxylation is 1. The Labute approximate surface area is 200 Å². The zero-order valence-corrected chi connectivity index (χ0v) is 21.9. The van der Waals surface area contributed by atoms with Crippen molar-refractivity contribution in [1.29, 1.82) is 0 Å². The van der Waals surface area contributed by atoms with Crippen molar-refractivity contribution in [1.82, 2.24) is 4.98 Å². The largest absolute Gasteiger partial charge is 0.469 e. The summed E-state index contributed by atoms with van der Waals surface area (Å²) in [5.41, 5.74) is 2.87. The van der Waals surface area contributed by atoms with Gasteiger partial charge in [0, 0.05) is 23.5 Å². The molecule has 0 radical (unpaired) electrons. The Balaban J connectivity index is 2.52. The molecule has 0 aliphatic heterocycles. The molecule has 0 saturated carbocycles. The van der Waals surface area contributed by atoms with Crippen LogP contribution in [-0.4, -0.2) is 31.2 Å². The van der Waals surface area contributed by atoms with Crippen LogP contribution in [0.2, 0.25) is 10.0 Å². The van der Waals surface area contributed by atoms with E-state index in [1.54, 1.807) is 11.3 Å². The number of carbonyl (C=O) groups is 1. The smallest absolute Gasteiger partial charge is 0.310 e. The second-order valence-corrected chi connectivity index (χ2v) is 10.6. The van der Waals surface area contributed by atoms with E-state index in [1.807, 2.05) is 19.1 Å². The number of hydrogen-bond donors (Lipinski definition) is 0. The van der Waals surface area contributed by atoms with Crippen molar-refractivity contribution in [2.24, 2.45) is 17.8 Å². The summed E-state index contributed by atoms with van der Waals surface area (Å²) in [6.07, 6.45) is 1.89. The van der Waals surface area contributed by atoms with Gasteiger partial charge in [-0.05, 0) is 49.3 Å². The highest BCUT2D eigenvalue weighted by molar-refractivity contribution is 7.16. The van der Waals surface area contributed by atoms with Crippen LogP contribution in [0.3, 0.4) is 0 Å². The summed E-state index contributed by atoms with van der Waals surface area (Å²) >= 11 is 14.4. The number of benzene rings is 1. The van der Waals surface area contributed by atoms with Gasteiger partial charge < -0.3 is 9.64 Å². The number of esters is 1. The van der Waals surface area contributed by atoms with Crippen LogP contribution in [0.1, 0.15) is 51.5 Å². The van der Waals surface area contributed by atoms with Crippen molar-refractivity contribution in [3.8, 4) is 11.3 Å². The highest BCUT2D eigenvalue weighted by Gasteiger charge is 2.28. The fourth-order valence-electron chi connectivity index (χ4n) is 3.55. The van der Waals surface area contributed by atoms with Gasteiger partial charge in [0.05, 0.1) is 28.8 Å². The lowest BCUT2D eigenvalue weighted by molar-refractivity contribution is -0.146. The monoisotopic (exact) mass is 484 g/mol. The van der Waals surface area contributed by atoms with E-state index in [-0.39, 0.29) is 17.8 Å². The quantitative estimate of drug-likeness (QED) is 0.332. The van der Waals surface area contributed by atoms with Crippen molar-refractivity contribution >= 4 is 45.6 Å². The highest BCUT2D eigenvalue weighted by atomic mass is 35.5. The van der Waals surface area contributed by atoms with Crippen LogP contribution in [-0.2, 0) is 16.0 Å². The van der Waals surface area contributed by atoms with E-state index in [9.17, 15) is 4.79 Å². The number of anilines is 1. The van der Waals surface area contributed by atoms with Crippen molar-refractivity contribution in [2.45, 2.75) is 54.4 Å². The maximum atomic E-state index is 12.4. The minimum absolute atomic E-state index is 0.171. The van der Waals surface area contributed by atoms with E-state index in [0.717, 1.165) is 41.3 Å². The Morgan fingerprint density at radius 3 is 2.42 bits per heavy atom. The average Bonchev–Trinajstić information content (AvgIpc) is 3.10. The molecule has 0 aliphatic rings. The Hall–Kier alpha value is -1.30. The van der Waals surface area contributed by atoms with Crippen LogP contribution in [0.5, 0.6) is 0 Å². The van der Waals surface area contributed by atoms with E-state index in [2.05, 4.69) is 39.5 Å². The summed E-state index contributed by atoms with van der Waals surface area (Å²) in [5, 5.41) is 2.06. The van der Waals surface area contributed by atoms with Crippen molar-refractivity contribution in [2.75, 3.05) is 25.1 Å². The third-order valence-electron chi connectivity index (χ3n) is 5.25. The predicted molar refractivity (Wildman–Crippen MR) is 134 cm³/mol. The van der Waals surface area contributed by atoms with E-state index in [1.165, 1.54) is 12.0 Å². The molecule has 0 amide bonds. The first-order valence-corrected chi connectivity index (χ1v) is 12.4. The molecule has 7 heteroatoms. The van der Waals surface area contributed by atoms with E-state index in [0.29, 0.717) is 22.5 Å². The molecular weight excluding hydrogens is 451 g/mol. The van der Waals surface area contributed by atoms with E-state index in [4.69, 9.17) is 32.9 Å². The molecule has 2 aromatic rings. The van der Waals surface area contributed by atoms with Gasteiger partial charge >= 0.3 is 5.97 Å². The van der Waals surface area contributed by atoms with Gasteiger partial charge in [-0.15, -0.1) is 11.3 Å². The molecule has 0 fully saturated rings. The molecule has 31 heavy (non-hydrogen) atoms. The van der Waals surface area contributed by atoms with Gasteiger partial charge in [0.15, 0.2) is 5.13 Å². The van der Waals surface area contributed by atoms with Crippen molar-refractivity contribution < 1.29 is 9.53 Å². The highest BCUT2D eigenvalue weighted by Crippen LogP contribution is 2.38. The SMILES string of the molecule is CCCN(CC(C(=O)OC)C(C)C)c1nc(-c2cc(C)c(Cl)c(Cl)c2)c(CC(C)C)s1. The fraction of sp³-hybridized carbons (Fsp3) is 0.583. The lowest BCUT2D eigenvalue weighted by Crippen LogP contribution is -2.37. The summed E-state index contributed by atoms with van der Waals surface area (Å²) in [6.45, 7) is 14.0. The van der Waals surface area contributed by atoms with Crippen molar-refractivity contribution in [3.63, 3.8) is 0 Å². The summed E-state index contributed by atoms with van der Waals surface area (Å²) < 4.78 is 5.07. The molecule has 4 nitrogen and oxygen atoms in total. The summed E-state index contributed by atoms with van der Waals surface area (Å²) in [5.74, 6) is 0.299. The number of thiazole rings is 1. The van der Waals surface area contributed by atoms with Crippen LogP contribution in [0, 0.1) is 24.7 Å². The second kappa shape index (κ2) is 11.5. The van der Waals surface area contributed by atoms with E-state index >= 15 is 0 Å². The average molecular weight is 486 g/mol. The molecule has 172 valence electrons. The number of halogens is 2. The predicted octanol–water partition coefficient (Wildman–Crippen LogP) is 7.29. The van der Waals surface area contributed by atoms with E-state index < -0.39 is 0 Å². The van der Waals surface area contributed by atoms with Crippen molar-refractivity contribution in [3.05, 3.63) is 32.6 Å².